The second-order valence-electron chi connectivity index (χ2n) is 4.97. The highest BCUT2D eigenvalue weighted by molar-refractivity contribution is 7.90. The summed E-state index contributed by atoms with van der Waals surface area (Å²) in [5, 5.41) is 0. The number of sulfonamides is 1. The Labute approximate surface area is 138 Å². The Balaban J connectivity index is 1.62. The molecule has 6 nitrogen and oxygen atoms in total. The number of carbonyl (C=O) groups excluding carboxylic acids is 1. The highest BCUT2D eigenvalue weighted by atomic mass is 32.2. The van der Waals surface area contributed by atoms with Crippen LogP contribution in [0.15, 0.2) is 58.4 Å². The number of esters is 1. The highest BCUT2D eigenvalue weighted by Gasteiger charge is 2.29. The van der Waals surface area contributed by atoms with Crippen LogP contribution in [0, 0.1) is 5.82 Å². The van der Waals surface area contributed by atoms with E-state index >= 15 is 0 Å². The van der Waals surface area contributed by atoms with Crippen molar-refractivity contribution in [2.75, 3.05) is 13.2 Å². The Morgan fingerprint density at radius 3 is 2.58 bits per heavy atom. The summed E-state index contributed by atoms with van der Waals surface area (Å²) in [5.41, 5.74) is 0.721. The van der Waals surface area contributed by atoms with E-state index < -0.39 is 21.8 Å². The van der Waals surface area contributed by atoms with Crippen LogP contribution in [0.2, 0.25) is 0 Å². The van der Waals surface area contributed by atoms with Crippen molar-refractivity contribution in [1.82, 2.24) is 4.72 Å². The van der Waals surface area contributed by atoms with Crippen molar-refractivity contribution in [1.29, 1.82) is 0 Å². The number of nitrogens with zero attached hydrogens (tertiary/aromatic N) is 1. The predicted octanol–water partition coefficient (Wildman–Crippen LogP) is 1.72. The lowest BCUT2D eigenvalue weighted by Gasteiger charge is -2.03. The lowest BCUT2D eigenvalue weighted by molar-refractivity contribution is 0.0517. The zero-order chi connectivity index (χ0) is 17.2. The van der Waals surface area contributed by atoms with Crippen LogP contribution in [0.4, 0.5) is 4.39 Å². The monoisotopic (exact) mass is 348 g/mol. The minimum absolute atomic E-state index is 0.0242. The number of hydrogen-bond acceptors (Lipinski definition) is 5. The third kappa shape index (κ3) is 3.28. The SMILES string of the molecule is O=C(OCCN=C1NS(=O)(=O)c2ccccc21)c1ccc(F)cc1. The van der Waals surface area contributed by atoms with Gasteiger partial charge in [0.15, 0.2) is 0 Å². The third-order valence-corrected chi connectivity index (χ3v) is 4.73. The molecular formula is C16H13FN2O4S. The second kappa shape index (κ2) is 6.40. The number of hydrogen-bond donors (Lipinski definition) is 1. The first kappa shape index (κ1) is 16.1. The lowest BCUT2D eigenvalue weighted by Crippen LogP contribution is -2.23. The van der Waals surface area contributed by atoms with Crippen LogP contribution in [-0.2, 0) is 14.8 Å². The van der Waals surface area contributed by atoms with Crippen molar-refractivity contribution in [3.05, 3.63) is 65.5 Å². The van der Waals surface area contributed by atoms with Gasteiger partial charge in [-0.2, -0.15) is 0 Å². The summed E-state index contributed by atoms with van der Waals surface area (Å²) in [6.07, 6.45) is 0. The molecule has 1 N–H and O–H groups in total. The molecule has 1 heterocycles. The number of amidine groups is 1. The Hall–Kier alpha value is -2.74. The molecule has 0 atom stereocenters. The number of fused-ring (bicyclic) bond motifs is 1. The minimum atomic E-state index is -3.58. The van der Waals surface area contributed by atoms with E-state index in [-0.39, 0.29) is 29.4 Å². The third-order valence-electron chi connectivity index (χ3n) is 3.34. The number of aliphatic imine (C=N–C) groups is 1. The number of rotatable bonds is 4. The van der Waals surface area contributed by atoms with E-state index in [1.54, 1.807) is 18.2 Å². The number of carbonyl (C=O) groups is 1. The molecule has 8 heteroatoms. The number of nitrogens with one attached hydrogen (secondary N) is 1. The number of ether oxygens (including phenoxy) is 1. The van der Waals surface area contributed by atoms with E-state index in [9.17, 15) is 17.6 Å². The summed E-state index contributed by atoms with van der Waals surface area (Å²) in [6.45, 7) is 0.0721. The van der Waals surface area contributed by atoms with Crippen molar-refractivity contribution in [2.45, 2.75) is 4.90 Å². The summed E-state index contributed by atoms with van der Waals surface area (Å²) < 4.78 is 44.0. The fourth-order valence-corrected chi connectivity index (χ4v) is 3.47. The average Bonchev–Trinajstić information content (AvgIpc) is 2.83. The quantitative estimate of drug-likeness (QED) is 0.673. The van der Waals surface area contributed by atoms with Gasteiger partial charge < -0.3 is 4.74 Å². The van der Waals surface area contributed by atoms with Crippen molar-refractivity contribution in [3.8, 4) is 0 Å². The molecule has 1 aliphatic rings. The van der Waals surface area contributed by atoms with Gasteiger partial charge in [-0.05, 0) is 36.4 Å². The average molecular weight is 348 g/mol. The summed E-state index contributed by atoms with van der Waals surface area (Å²) >= 11 is 0. The Morgan fingerprint density at radius 1 is 1.12 bits per heavy atom. The first-order valence-corrected chi connectivity index (χ1v) is 8.55. The maximum Gasteiger partial charge on any atom is 0.338 e. The van der Waals surface area contributed by atoms with Gasteiger partial charge in [-0.3, -0.25) is 9.71 Å². The topological polar surface area (TPSA) is 84.8 Å². The molecular weight excluding hydrogens is 335 g/mol. The minimum Gasteiger partial charge on any atom is -0.460 e. The van der Waals surface area contributed by atoms with Crippen LogP contribution in [0.5, 0.6) is 0 Å². The Kier molecular flexibility index (Phi) is 4.30. The molecule has 0 spiro atoms. The van der Waals surface area contributed by atoms with Crippen molar-refractivity contribution in [3.63, 3.8) is 0 Å². The molecule has 0 saturated carbocycles. The van der Waals surface area contributed by atoms with Gasteiger partial charge in [0.25, 0.3) is 10.0 Å². The summed E-state index contributed by atoms with van der Waals surface area (Å²) in [5.74, 6) is -0.809. The first-order chi connectivity index (χ1) is 11.5. The number of benzene rings is 2. The predicted molar refractivity (Wildman–Crippen MR) is 84.9 cm³/mol. The van der Waals surface area contributed by atoms with Gasteiger partial charge in [0.2, 0.25) is 0 Å². The molecule has 24 heavy (non-hydrogen) atoms. The Bertz CT molecular complexity index is 908. The fourth-order valence-electron chi connectivity index (χ4n) is 2.22. The van der Waals surface area contributed by atoms with Crippen LogP contribution in [0.3, 0.4) is 0 Å². The van der Waals surface area contributed by atoms with Gasteiger partial charge >= 0.3 is 5.97 Å². The van der Waals surface area contributed by atoms with E-state index in [0.29, 0.717) is 5.56 Å². The van der Waals surface area contributed by atoms with Crippen molar-refractivity contribution < 1.29 is 22.3 Å². The summed E-state index contributed by atoms with van der Waals surface area (Å²) in [4.78, 5) is 16.1. The van der Waals surface area contributed by atoms with Gasteiger partial charge in [-0.15, -0.1) is 0 Å². The fraction of sp³-hybridized carbons (Fsp3) is 0.125. The number of halogens is 1. The van der Waals surface area contributed by atoms with Crippen LogP contribution < -0.4 is 4.72 Å². The molecule has 0 amide bonds. The smallest absolute Gasteiger partial charge is 0.338 e. The summed E-state index contributed by atoms with van der Waals surface area (Å²) in [6, 6.07) is 11.5. The van der Waals surface area contributed by atoms with Crippen LogP contribution >= 0.6 is 0 Å². The molecule has 0 saturated heterocycles. The van der Waals surface area contributed by atoms with Crippen LogP contribution in [0.25, 0.3) is 0 Å². The normalized spacial score (nSPS) is 16.5. The van der Waals surface area contributed by atoms with Crippen molar-refractivity contribution >= 4 is 21.8 Å². The van der Waals surface area contributed by atoms with Gasteiger partial charge in [0, 0.05) is 5.56 Å². The molecule has 0 radical (unpaired) electrons. The Morgan fingerprint density at radius 2 is 1.83 bits per heavy atom. The van der Waals surface area contributed by atoms with Gasteiger partial charge in [0.1, 0.15) is 18.3 Å². The lowest BCUT2D eigenvalue weighted by atomic mass is 10.2. The molecule has 0 unspecified atom stereocenters. The van der Waals surface area contributed by atoms with Gasteiger partial charge in [-0.1, -0.05) is 12.1 Å². The summed E-state index contributed by atoms with van der Waals surface area (Å²) in [7, 11) is -3.58. The van der Waals surface area contributed by atoms with E-state index in [2.05, 4.69) is 9.71 Å². The molecule has 1 aliphatic heterocycles. The molecule has 0 aromatic heterocycles. The second-order valence-corrected chi connectivity index (χ2v) is 6.63. The van der Waals surface area contributed by atoms with Crippen LogP contribution in [-0.4, -0.2) is 33.4 Å². The van der Waals surface area contributed by atoms with Crippen molar-refractivity contribution in [2.24, 2.45) is 4.99 Å². The van der Waals surface area contributed by atoms with E-state index in [1.165, 1.54) is 30.3 Å². The van der Waals surface area contributed by atoms with Gasteiger partial charge in [0.05, 0.1) is 17.0 Å². The zero-order valence-electron chi connectivity index (χ0n) is 12.4. The van der Waals surface area contributed by atoms with E-state index in [4.69, 9.17) is 4.74 Å². The molecule has 0 aliphatic carbocycles. The highest BCUT2D eigenvalue weighted by Crippen LogP contribution is 2.21. The maximum absolute atomic E-state index is 12.8. The van der Waals surface area contributed by atoms with Crippen LogP contribution in [0.1, 0.15) is 15.9 Å². The first-order valence-electron chi connectivity index (χ1n) is 7.07. The standard InChI is InChI=1S/C16H13FN2O4S/c17-12-7-5-11(6-8-12)16(20)23-10-9-18-15-13-3-1-2-4-14(13)24(21,22)19-15/h1-8H,9-10H2,(H,18,19). The molecule has 2 aromatic rings. The largest absolute Gasteiger partial charge is 0.460 e. The maximum atomic E-state index is 12.8. The molecule has 2 aromatic carbocycles. The molecule has 0 bridgehead atoms. The van der Waals surface area contributed by atoms with Gasteiger partial charge in [-0.25, -0.2) is 17.6 Å². The van der Waals surface area contributed by atoms with E-state index in [1.807, 2.05) is 0 Å². The molecule has 3 rings (SSSR count). The zero-order valence-corrected chi connectivity index (χ0v) is 13.2. The molecule has 0 fully saturated rings. The molecule has 124 valence electrons. The van der Waals surface area contributed by atoms with E-state index in [0.717, 1.165) is 0 Å².